The number of carboxylic acid groups (broad SMARTS) is 1. The van der Waals surface area contributed by atoms with E-state index in [2.05, 4.69) is 4.98 Å². The van der Waals surface area contributed by atoms with Gasteiger partial charge in [0, 0.05) is 32.1 Å². The van der Waals surface area contributed by atoms with E-state index in [4.69, 9.17) is 11.6 Å². The van der Waals surface area contributed by atoms with E-state index in [-0.39, 0.29) is 35.8 Å². The highest BCUT2D eigenvalue weighted by molar-refractivity contribution is 6.31. The molecular formula is C13H15ClF2N2O2. The largest absolute Gasteiger partial charge is 0.478 e. The van der Waals surface area contributed by atoms with Crippen molar-refractivity contribution in [1.29, 1.82) is 0 Å². The minimum absolute atomic E-state index is 0.0114. The number of anilines is 1. The molecule has 20 heavy (non-hydrogen) atoms. The Kier molecular flexibility index (Phi) is 4.13. The van der Waals surface area contributed by atoms with Gasteiger partial charge in [0.15, 0.2) is 0 Å². The molecule has 7 heteroatoms. The summed E-state index contributed by atoms with van der Waals surface area (Å²) in [5.74, 6) is -3.62. The maximum absolute atomic E-state index is 13.4. The molecule has 4 nitrogen and oxygen atoms in total. The number of carbonyl (C=O) groups is 1. The number of halogens is 3. The lowest BCUT2D eigenvalue weighted by Crippen LogP contribution is -2.28. The van der Waals surface area contributed by atoms with Crippen LogP contribution in [0.1, 0.15) is 35.2 Å². The summed E-state index contributed by atoms with van der Waals surface area (Å²) < 4.78 is 26.7. The summed E-state index contributed by atoms with van der Waals surface area (Å²) in [6, 6.07) is 0. The molecule has 1 fully saturated rings. The highest BCUT2D eigenvalue weighted by Crippen LogP contribution is 2.32. The molecule has 2 rings (SSSR count). The fourth-order valence-corrected chi connectivity index (χ4v) is 2.48. The monoisotopic (exact) mass is 304 g/mol. The molecule has 1 aromatic heterocycles. The number of aromatic carboxylic acids is 1. The predicted octanol–water partition coefficient (Wildman–Crippen LogP) is 3.37. The Morgan fingerprint density at radius 1 is 1.45 bits per heavy atom. The van der Waals surface area contributed by atoms with Gasteiger partial charge in [-0.1, -0.05) is 11.6 Å². The lowest BCUT2D eigenvalue weighted by atomic mass is 10.1. The standard InChI is InChI=1S/C13H15ClF2N2O2/c1-8-9(14)7-17-11(10(8)12(19)20)18-5-2-3-13(15,16)4-6-18/h7H,2-6H2,1H3,(H,19,20). The van der Waals surface area contributed by atoms with Crippen LogP contribution >= 0.6 is 11.6 Å². The van der Waals surface area contributed by atoms with Crippen LogP contribution < -0.4 is 4.90 Å². The number of rotatable bonds is 2. The zero-order chi connectivity index (χ0) is 14.9. The van der Waals surface area contributed by atoms with Crippen LogP contribution in [0.2, 0.25) is 5.02 Å². The third-order valence-corrected chi connectivity index (χ3v) is 3.87. The van der Waals surface area contributed by atoms with E-state index < -0.39 is 11.9 Å². The number of nitrogens with zero attached hydrogens (tertiary/aromatic N) is 2. The summed E-state index contributed by atoms with van der Waals surface area (Å²) in [6.45, 7) is 2.04. The number of carboxylic acids is 1. The van der Waals surface area contributed by atoms with Gasteiger partial charge in [-0.25, -0.2) is 18.6 Å². The molecule has 0 saturated carbocycles. The van der Waals surface area contributed by atoms with Gasteiger partial charge in [-0.15, -0.1) is 0 Å². The Hall–Kier alpha value is -1.43. The normalized spacial score (nSPS) is 18.7. The van der Waals surface area contributed by atoms with Crippen LogP contribution in [-0.4, -0.2) is 35.1 Å². The van der Waals surface area contributed by atoms with Crippen LogP contribution in [0.5, 0.6) is 0 Å². The topological polar surface area (TPSA) is 53.4 Å². The summed E-state index contributed by atoms with van der Waals surface area (Å²) in [5, 5.41) is 9.56. The molecule has 1 aromatic rings. The van der Waals surface area contributed by atoms with E-state index in [9.17, 15) is 18.7 Å². The first-order valence-corrected chi connectivity index (χ1v) is 6.71. The first kappa shape index (κ1) is 15.0. The Balaban J connectivity index is 2.38. The van der Waals surface area contributed by atoms with Crippen LogP contribution in [0.3, 0.4) is 0 Å². The molecule has 1 aliphatic rings. The Labute approximate surface area is 120 Å². The Bertz CT molecular complexity index is 537. The number of hydrogen-bond donors (Lipinski definition) is 1. The van der Waals surface area contributed by atoms with Crippen molar-refractivity contribution in [2.45, 2.75) is 32.1 Å². The summed E-state index contributed by atoms with van der Waals surface area (Å²) in [5.41, 5.74) is 0.392. The maximum atomic E-state index is 13.4. The zero-order valence-corrected chi connectivity index (χ0v) is 11.8. The first-order valence-electron chi connectivity index (χ1n) is 6.33. The van der Waals surface area contributed by atoms with Gasteiger partial charge in [0.25, 0.3) is 0 Å². The van der Waals surface area contributed by atoms with E-state index in [1.807, 2.05) is 0 Å². The molecule has 1 N–H and O–H groups in total. The smallest absolute Gasteiger partial charge is 0.339 e. The van der Waals surface area contributed by atoms with Crippen molar-refractivity contribution in [2.24, 2.45) is 0 Å². The van der Waals surface area contributed by atoms with Crippen molar-refractivity contribution in [3.05, 3.63) is 22.3 Å². The number of alkyl halides is 2. The zero-order valence-electron chi connectivity index (χ0n) is 11.0. The molecule has 0 unspecified atom stereocenters. The van der Waals surface area contributed by atoms with Crippen molar-refractivity contribution in [3.63, 3.8) is 0 Å². The lowest BCUT2D eigenvalue weighted by Gasteiger charge is -2.24. The van der Waals surface area contributed by atoms with Crippen molar-refractivity contribution in [2.75, 3.05) is 18.0 Å². The molecule has 1 aliphatic heterocycles. The number of aromatic nitrogens is 1. The van der Waals surface area contributed by atoms with Gasteiger partial charge in [-0.2, -0.15) is 0 Å². The fraction of sp³-hybridized carbons (Fsp3) is 0.538. The van der Waals surface area contributed by atoms with Crippen LogP contribution in [0.25, 0.3) is 0 Å². The average molecular weight is 305 g/mol. The number of hydrogen-bond acceptors (Lipinski definition) is 3. The third kappa shape index (κ3) is 3.00. The molecule has 2 heterocycles. The van der Waals surface area contributed by atoms with Gasteiger partial charge in [-0.05, 0) is 18.9 Å². The first-order chi connectivity index (χ1) is 9.32. The molecular weight excluding hydrogens is 290 g/mol. The summed E-state index contributed by atoms with van der Waals surface area (Å²) in [6.07, 6.45) is 1.19. The van der Waals surface area contributed by atoms with E-state index in [1.54, 1.807) is 11.8 Å². The highest BCUT2D eigenvalue weighted by Gasteiger charge is 2.33. The second-order valence-corrected chi connectivity index (χ2v) is 5.34. The summed E-state index contributed by atoms with van der Waals surface area (Å²) in [7, 11) is 0. The Morgan fingerprint density at radius 3 is 2.80 bits per heavy atom. The Morgan fingerprint density at radius 2 is 2.15 bits per heavy atom. The van der Waals surface area contributed by atoms with Crippen LogP contribution in [0, 0.1) is 6.92 Å². The summed E-state index contributed by atoms with van der Waals surface area (Å²) >= 11 is 5.88. The van der Waals surface area contributed by atoms with Gasteiger partial charge in [-0.3, -0.25) is 0 Å². The van der Waals surface area contributed by atoms with E-state index in [0.29, 0.717) is 18.5 Å². The van der Waals surface area contributed by atoms with Gasteiger partial charge >= 0.3 is 5.97 Å². The molecule has 0 radical (unpaired) electrons. The lowest BCUT2D eigenvalue weighted by molar-refractivity contribution is -0.0102. The molecule has 0 aromatic carbocycles. The number of pyridine rings is 1. The molecule has 0 amide bonds. The highest BCUT2D eigenvalue weighted by atomic mass is 35.5. The average Bonchev–Trinajstić information content (AvgIpc) is 2.53. The minimum atomic E-state index is -2.69. The third-order valence-electron chi connectivity index (χ3n) is 3.49. The van der Waals surface area contributed by atoms with Crippen molar-refractivity contribution in [1.82, 2.24) is 4.98 Å². The van der Waals surface area contributed by atoms with Crippen LogP contribution in [0.15, 0.2) is 6.20 Å². The van der Waals surface area contributed by atoms with Gasteiger partial charge in [0.05, 0.1) is 5.02 Å². The van der Waals surface area contributed by atoms with E-state index in [0.717, 1.165) is 0 Å². The van der Waals surface area contributed by atoms with Gasteiger partial charge in [0.2, 0.25) is 5.92 Å². The van der Waals surface area contributed by atoms with Crippen LogP contribution in [-0.2, 0) is 0 Å². The van der Waals surface area contributed by atoms with Crippen molar-refractivity contribution >= 4 is 23.4 Å². The van der Waals surface area contributed by atoms with Gasteiger partial charge in [0.1, 0.15) is 11.4 Å². The van der Waals surface area contributed by atoms with Crippen LogP contribution in [0.4, 0.5) is 14.6 Å². The second-order valence-electron chi connectivity index (χ2n) is 4.93. The minimum Gasteiger partial charge on any atom is -0.478 e. The van der Waals surface area contributed by atoms with Crippen molar-refractivity contribution < 1.29 is 18.7 Å². The van der Waals surface area contributed by atoms with E-state index in [1.165, 1.54) is 6.20 Å². The van der Waals surface area contributed by atoms with Gasteiger partial charge < -0.3 is 10.0 Å². The SMILES string of the molecule is Cc1c(Cl)cnc(N2CCCC(F)(F)CC2)c1C(=O)O. The molecule has 110 valence electrons. The molecule has 1 saturated heterocycles. The molecule has 0 atom stereocenters. The maximum Gasteiger partial charge on any atom is 0.339 e. The molecule has 0 bridgehead atoms. The summed E-state index contributed by atoms with van der Waals surface area (Å²) in [4.78, 5) is 17.0. The quantitative estimate of drug-likeness (QED) is 0.910. The van der Waals surface area contributed by atoms with Crippen molar-refractivity contribution in [3.8, 4) is 0 Å². The van der Waals surface area contributed by atoms with E-state index >= 15 is 0 Å². The second kappa shape index (κ2) is 5.52. The molecule has 0 spiro atoms. The molecule has 0 aliphatic carbocycles. The predicted molar refractivity (Wildman–Crippen MR) is 72.0 cm³/mol. The fourth-order valence-electron chi connectivity index (χ4n) is 2.34.